The van der Waals surface area contributed by atoms with Gasteiger partial charge in [0.25, 0.3) is 0 Å². The largest absolute Gasteiger partial charge is 0.493 e. The average Bonchev–Trinajstić information content (AvgIpc) is 2.74. The van der Waals surface area contributed by atoms with Crippen LogP contribution in [0.3, 0.4) is 0 Å². The number of likely N-dealkylation sites (tertiary alicyclic amines) is 1. The predicted octanol–water partition coefficient (Wildman–Crippen LogP) is 2.69. The number of methoxy groups -OCH3 is 3. The van der Waals surface area contributed by atoms with Gasteiger partial charge in [-0.15, -0.1) is 0 Å². The van der Waals surface area contributed by atoms with Gasteiger partial charge in [-0.2, -0.15) is 0 Å². The monoisotopic (exact) mass is 393 g/mol. The van der Waals surface area contributed by atoms with Gasteiger partial charge in [-0.25, -0.2) is 4.99 Å². The van der Waals surface area contributed by atoms with E-state index in [1.807, 2.05) is 18.2 Å². The number of hydrogen-bond acceptors (Lipinski definition) is 5. The van der Waals surface area contributed by atoms with Crippen molar-refractivity contribution in [2.24, 2.45) is 4.99 Å². The van der Waals surface area contributed by atoms with Gasteiger partial charge in [-0.1, -0.05) is 6.07 Å². The first kappa shape index (κ1) is 22.3. The number of hydrogen-bond donors (Lipinski definition) is 1. The molecule has 158 valence electrons. The number of nitrogens with one attached hydrogen (secondary N) is 1. The van der Waals surface area contributed by atoms with Crippen LogP contribution in [0.1, 0.15) is 31.7 Å². The van der Waals surface area contributed by atoms with Gasteiger partial charge in [0, 0.05) is 40.0 Å². The number of piperidine rings is 1. The van der Waals surface area contributed by atoms with Crippen LogP contribution in [0.2, 0.25) is 0 Å². The van der Waals surface area contributed by atoms with Crippen molar-refractivity contribution in [3.05, 3.63) is 23.8 Å². The SMILES string of the molecule is CCNC(=NCc1ccc(OC)c(OC)c1)N1CCC(OCCCOC)CC1. The number of nitrogens with zero attached hydrogens (tertiary/aromatic N) is 2. The van der Waals surface area contributed by atoms with Gasteiger partial charge >= 0.3 is 0 Å². The molecular weight excluding hydrogens is 358 g/mol. The zero-order valence-electron chi connectivity index (χ0n) is 17.7. The van der Waals surface area contributed by atoms with E-state index in [9.17, 15) is 0 Å². The highest BCUT2D eigenvalue weighted by atomic mass is 16.5. The Balaban J connectivity index is 1.90. The summed E-state index contributed by atoms with van der Waals surface area (Å²) in [5.74, 6) is 2.41. The fraction of sp³-hybridized carbons (Fsp3) is 0.667. The Kier molecular flexibility index (Phi) is 9.93. The van der Waals surface area contributed by atoms with Crippen LogP contribution in [0, 0.1) is 0 Å². The van der Waals surface area contributed by atoms with E-state index in [2.05, 4.69) is 17.1 Å². The van der Waals surface area contributed by atoms with Gasteiger partial charge in [0.2, 0.25) is 0 Å². The Bertz CT molecular complexity index is 601. The molecule has 1 aliphatic rings. The van der Waals surface area contributed by atoms with Crippen LogP contribution in [0.15, 0.2) is 23.2 Å². The lowest BCUT2D eigenvalue weighted by Crippen LogP contribution is -2.47. The molecule has 7 nitrogen and oxygen atoms in total. The molecule has 0 amide bonds. The van der Waals surface area contributed by atoms with E-state index in [0.717, 1.165) is 75.1 Å². The summed E-state index contributed by atoms with van der Waals surface area (Å²) in [4.78, 5) is 7.15. The van der Waals surface area contributed by atoms with E-state index in [-0.39, 0.29) is 0 Å². The summed E-state index contributed by atoms with van der Waals surface area (Å²) in [6.07, 6.45) is 3.33. The minimum absolute atomic E-state index is 0.335. The van der Waals surface area contributed by atoms with E-state index in [1.54, 1.807) is 21.3 Å². The summed E-state index contributed by atoms with van der Waals surface area (Å²) in [6, 6.07) is 5.92. The lowest BCUT2D eigenvalue weighted by molar-refractivity contribution is 0.00990. The van der Waals surface area contributed by atoms with Crippen molar-refractivity contribution in [1.82, 2.24) is 10.2 Å². The topological polar surface area (TPSA) is 64.6 Å². The van der Waals surface area contributed by atoms with Gasteiger partial charge in [0.1, 0.15) is 0 Å². The molecule has 7 heteroatoms. The fourth-order valence-corrected chi connectivity index (χ4v) is 3.26. The highest BCUT2D eigenvalue weighted by Crippen LogP contribution is 2.27. The minimum atomic E-state index is 0.335. The molecule has 0 aliphatic carbocycles. The summed E-state index contributed by atoms with van der Waals surface area (Å²) in [5, 5.41) is 3.41. The first-order valence-corrected chi connectivity index (χ1v) is 10.1. The molecule has 0 atom stereocenters. The maximum Gasteiger partial charge on any atom is 0.194 e. The first-order chi connectivity index (χ1) is 13.7. The average molecular weight is 394 g/mol. The summed E-state index contributed by atoms with van der Waals surface area (Å²) >= 11 is 0. The molecule has 0 unspecified atom stereocenters. The molecule has 1 aromatic rings. The summed E-state index contributed by atoms with van der Waals surface area (Å²) in [7, 11) is 5.02. The van der Waals surface area contributed by atoms with Crippen LogP contribution in [0.25, 0.3) is 0 Å². The molecule has 28 heavy (non-hydrogen) atoms. The van der Waals surface area contributed by atoms with Crippen LogP contribution in [-0.4, -0.2) is 71.1 Å². The Morgan fingerprint density at radius 2 is 1.86 bits per heavy atom. The third kappa shape index (κ3) is 6.87. The summed E-state index contributed by atoms with van der Waals surface area (Å²) in [6.45, 7) is 6.96. The lowest BCUT2D eigenvalue weighted by Gasteiger charge is -2.34. The maximum absolute atomic E-state index is 5.96. The number of ether oxygens (including phenoxy) is 4. The Labute approximate surface area is 169 Å². The summed E-state index contributed by atoms with van der Waals surface area (Å²) < 4.78 is 21.7. The number of guanidine groups is 1. The van der Waals surface area contributed by atoms with Crippen molar-refractivity contribution >= 4 is 5.96 Å². The molecule has 1 aliphatic heterocycles. The molecule has 0 saturated carbocycles. The Hall–Kier alpha value is -1.99. The van der Waals surface area contributed by atoms with Gasteiger partial charge in [0.05, 0.1) is 26.9 Å². The highest BCUT2D eigenvalue weighted by molar-refractivity contribution is 5.80. The zero-order chi connectivity index (χ0) is 20.2. The molecule has 1 fully saturated rings. The summed E-state index contributed by atoms with van der Waals surface area (Å²) in [5.41, 5.74) is 1.09. The zero-order valence-corrected chi connectivity index (χ0v) is 17.7. The second-order valence-corrected chi connectivity index (χ2v) is 6.76. The third-order valence-corrected chi connectivity index (χ3v) is 4.78. The predicted molar refractivity (Wildman–Crippen MR) is 111 cm³/mol. The molecule has 2 rings (SSSR count). The highest BCUT2D eigenvalue weighted by Gasteiger charge is 2.21. The minimum Gasteiger partial charge on any atom is -0.493 e. The molecule has 1 aromatic carbocycles. The number of aliphatic imine (C=N–C) groups is 1. The van der Waals surface area contributed by atoms with E-state index < -0.39 is 0 Å². The second-order valence-electron chi connectivity index (χ2n) is 6.76. The van der Waals surface area contributed by atoms with E-state index >= 15 is 0 Å². The van der Waals surface area contributed by atoms with Crippen molar-refractivity contribution in [1.29, 1.82) is 0 Å². The van der Waals surface area contributed by atoms with Gasteiger partial charge in [0.15, 0.2) is 17.5 Å². The van der Waals surface area contributed by atoms with Gasteiger partial charge in [-0.3, -0.25) is 0 Å². The Morgan fingerprint density at radius 3 is 2.50 bits per heavy atom. The smallest absolute Gasteiger partial charge is 0.194 e. The van der Waals surface area contributed by atoms with Crippen molar-refractivity contribution < 1.29 is 18.9 Å². The molecule has 1 N–H and O–H groups in total. The van der Waals surface area contributed by atoms with Crippen LogP contribution < -0.4 is 14.8 Å². The van der Waals surface area contributed by atoms with Crippen LogP contribution >= 0.6 is 0 Å². The molecule has 1 saturated heterocycles. The standard InChI is InChI=1S/C21H35N3O4/c1-5-22-21(23-16-17-7-8-19(26-3)20(15-17)27-4)24-11-9-18(10-12-24)28-14-6-13-25-2/h7-8,15,18H,5-6,9-14,16H2,1-4H3,(H,22,23). The molecule has 0 radical (unpaired) electrons. The Morgan fingerprint density at radius 1 is 1.11 bits per heavy atom. The molecule has 0 aromatic heterocycles. The van der Waals surface area contributed by atoms with Crippen molar-refractivity contribution in [2.75, 3.05) is 54.2 Å². The van der Waals surface area contributed by atoms with Crippen LogP contribution in [-0.2, 0) is 16.0 Å². The molecular formula is C21H35N3O4. The lowest BCUT2D eigenvalue weighted by atomic mass is 10.1. The third-order valence-electron chi connectivity index (χ3n) is 4.78. The van der Waals surface area contributed by atoms with Crippen molar-refractivity contribution in [2.45, 2.75) is 38.8 Å². The maximum atomic E-state index is 5.96. The van der Waals surface area contributed by atoms with Crippen molar-refractivity contribution in [3.63, 3.8) is 0 Å². The normalized spacial score (nSPS) is 15.6. The number of benzene rings is 1. The van der Waals surface area contributed by atoms with Crippen LogP contribution in [0.5, 0.6) is 11.5 Å². The van der Waals surface area contributed by atoms with Gasteiger partial charge in [-0.05, 0) is 43.9 Å². The molecule has 0 bridgehead atoms. The van der Waals surface area contributed by atoms with Crippen molar-refractivity contribution in [3.8, 4) is 11.5 Å². The molecule has 1 heterocycles. The van der Waals surface area contributed by atoms with E-state index in [4.69, 9.17) is 23.9 Å². The van der Waals surface area contributed by atoms with E-state index in [1.165, 1.54) is 0 Å². The number of rotatable bonds is 10. The first-order valence-electron chi connectivity index (χ1n) is 10.1. The van der Waals surface area contributed by atoms with Crippen LogP contribution in [0.4, 0.5) is 0 Å². The van der Waals surface area contributed by atoms with E-state index in [0.29, 0.717) is 12.6 Å². The fourth-order valence-electron chi connectivity index (χ4n) is 3.26. The second kappa shape index (κ2) is 12.5. The van der Waals surface area contributed by atoms with Gasteiger partial charge < -0.3 is 29.2 Å². The molecule has 0 spiro atoms. The quantitative estimate of drug-likeness (QED) is 0.375.